The van der Waals surface area contributed by atoms with Crippen molar-refractivity contribution in [2.75, 3.05) is 26.9 Å². The molecule has 0 aromatic heterocycles. The van der Waals surface area contributed by atoms with Gasteiger partial charge in [-0.3, -0.25) is 0 Å². The van der Waals surface area contributed by atoms with Crippen molar-refractivity contribution in [2.45, 2.75) is 12.8 Å². The number of methoxy groups -OCH3 is 1. The van der Waals surface area contributed by atoms with Gasteiger partial charge in [-0.2, -0.15) is 0 Å². The number of benzene rings is 1. The van der Waals surface area contributed by atoms with Gasteiger partial charge in [0.15, 0.2) is 0 Å². The Balaban J connectivity index is 2.41. The predicted molar refractivity (Wildman–Crippen MR) is 64.2 cm³/mol. The molecule has 0 amide bonds. The molecule has 0 aliphatic carbocycles. The molecule has 4 heteroatoms. The molecule has 1 aromatic rings. The molecule has 0 atom stereocenters. The van der Waals surface area contributed by atoms with Gasteiger partial charge in [0, 0.05) is 11.6 Å². The number of ether oxygens (including phenoxy) is 2. The van der Waals surface area contributed by atoms with Crippen molar-refractivity contribution < 1.29 is 14.6 Å². The molecule has 0 fully saturated rings. The Morgan fingerprint density at radius 3 is 2.81 bits per heavy atom. The Hall–Kier alpha value is -0.770. The van der Waals surface area contributed by atoms with Crippen LogP contribution in [0.4, 0.5) is 0 Å². The van der Waals surface area contributed by atoms with E-state index in [1.165, 1.54) is 0 Å². The fourth-order valence-electron chi connectivity index (χ4n) is 1.46. The third-order valence-electron chi connectivity index (χ3n) is 2.22. The fraction of sp³-hybridized carbons (Fsp3) is 0.500. The Bertz CT molecular complexity index is 315. The quantitative estimate of drug-likeness (QED) is 0.748. The van der Waals surface area contributed by atoms with Crippen molar-refractivity contribution in [3.05, 3.63) is 28.8 Å². The van der Waals surface area contributed by atoms with Crippen LogP contribution < -0.4 is 4.74 Å². The minimum atomic E-state index is 0.0737. The third kappa shape index (κ3) is 4.39. The first-order valence-corrected chi connectivity index (χ1v) is 5.66. The Kier molecular flexibility index (Phi) is 6.23. The van der Waals surface area contributed by atoms with Crippen LogP contribution in [0.3, 0.4) is 0 Å². The minimum absolute atomic E-state index is 0.0737. The van der Waals surface area contributed by atoms with E-state index in [0.717, 1.165) is 24.2 Å². The third-order valence-corrected chi connectivity index (χ3v) is 2.45. The van der Waals surface area contributed by atoms with Crippen molar-refractivity contribution in [3.8, 4) is 5.75 Å². The highest BCUT2D eigenvalue weighted by Gasteiger charge is 2.03. The highest BCUT2D eigenvalue weighted by Crippen LogP contribution is 2.24. The number of hydrogen-bond acceptors (Lipinski definition) is 3. The summed E-state index contributed by atoms with van der Waals surface area (Å²) in [6, 6.07) is 5.63. The van der Waals surface area contributed by atoms with Crippen LogP contribution in [0.15, 0.2) is 18.2 Å². The Morgan fingerprint density at radius 1 is 1.31 bits per heavy atom. The zero-order chi connectivity index (χ0) is 11.8. The number of hydrogen-bond donors (Lipinski definition) is 1. The van der Waals surface area contributed by atoms with E-state index >= 15 is 0 Å². The molecule has 0 bridgehead atoms. The molecule has 0 radical (unpaired) electrons. The monoisotopic (exact) mass is 244 g/mol. The largest absolute Gasteiger partial charge is 0.496 e. The normalized spacial score (nSPS) is 10.4. The fourth-order valence-corrected chi connectivity index (χ4v) is 1.62. The van der Waals surface area contributed by atoms with E-state index in [-0.39, 0.29) is 6.61 Å². The summed E-state index contributed by atoms with van der Waals surface area (Å²) in [6.07, 6.45) is 1.78. The molecule has 0 saturated heterocycles. The molecule has 0 aliphatic heterocycles. The zero-order valence-electron chi connectivity index (χ0n) is 9.41. The first kappa shape index (κ1) is 13.3. The first-order valence-electron chi connectivity index (χ1n) is 5.29. The summed E-state index contributed by atoms with van der Waals surface area (Å²) in [5, 5.41) is 9.21. The second-order valence-electron chi connectivity index (χ2n) is 3.40. The summed E-state index contributed by atoms with van der Waals surface area (Å²) in [6.45, 7) is 1.12. The van der Waals surface area contributed by atoms with Crippen LogP contribution in [0.5, 0.6) is 5.75 Å². The van der Waals surface area contributed by atoms with E-state index in [9.17, 15) is 0 Å². The molecule has 3 nitrogen and oxygen atoms in total. The first-order chi connectivity index (χ1) is 7.77. The van der Waals surface area contributed by atoms with Crippen LogP contribution in [0.2, 0.25) is 5.02 Å². The van der Waals surface area contributed by atoms with Crippen LogP contribution in [0.25, 0.3) is 0 Å². The molecule has 0 heterocycles. The van der Waals surface area contributed by atoms with Crippen molar-refractivity contribution in [2.24, 2.45) is 0 Å². The number of aliphatic hydroxyl groups is 1. The lowest BCUT2D eigenvalue weighted by Crippen LogP contribution is -2.02. The number of aliphatic hydroxyl groups excluding tert-OH is 1. The predicted octanol–water partition coefficient (Wildman–Crippen LogP) is 2.29. The van der Waals surface area contributed by atoms with E-state index in [4.69, 9.17) is 26.2 Å². The van der Waals surface area contributed by atoms with Crippen molar-refractivity contribution >= 4 is 11.6 Å². The second kappa shape index (κ2) is 7.49. The molecule has 0 unspecified atom stereocenters. The van der Waals surface area contributed by atoms with Gasteiger partial charge in [-0.25, -0.2) is 0 Å². The lowest BCUT2D eigenvalue weighted by atomic mass is 10.1. The molecule has 1 aromatic carbocycles. The second-order valence-corrected chi connectivity index (χ2v) is 3.83. The van der Waals surface area contributed by atoms with Crippen molar-refractivity contribution in [1.82, 2.24) is 0 Å². The molecule has 0 spiro atoms. The Labute approximate surface area is 101 Å². The zero-order valence-corrected chi connectivity index (χ0v) is 10.2. The maximum atomic E-state index is 8.54. The SMILES string of the molecule is COc1cc(Cl)ccc1CCCOCCO. The van der Waals surface area contributed by atoms with Gasteiger partial charge in [-0.05, 0) is 30.5 Å². The molecular formula is C12H17ClO3. The van der Waals surface area contributed by atoms with Crippen LogP contribution >= 0.6 is 11.6 Å². The average Bonchev–Trinajstić information content (AvgIpc) is 2.30. The average molecular weight is 245 g/mol. The van der Waals surface area contributed by atoms with Crippen LogP contribution in [0.1, 0.15) is 12.0 Å². The van der Waals surface area contributed by atoms with Crippen molar-refractivity contribution in [3.63, 3.8) is 0 Å². The molecule has 1 rings (SSSR count). The van der Waals surface area contributed by atoms with Gasteiger partial charge in [0.1, 0.15) is 5.75 Å². The maximum Gasteiger partial charge on any atom is 0.123 e. The summed E-state index contributed by atoms with van der Waals surface area (Å²) in [4.78, 5) is 0. The lowest BCUT2D eigenvalue weighted by Gasteiger charge is -2.08. The van der Waals surface area contributed by atoms with E-state index < -0.39 is 0 Å². The van der Waals surface area contributed by atoms with Gasteiger partial charge in [-0.1, -0.05) is 17.7 Å². The summed E-state index contributed by atoms with van der Waals surface area (Å²) < 4.78 is 10.4. The smallest absolute Gasteiger partial charge is 0.123 e. The standard InChI is InChI=1S/C12H17ClO3/c1-15-12-9-11(13)5-4-10(12)3-2-7-16-8-6-14/h4-5,9,14H,2-3,6-8H2,1H3. The van der Waals surface area contributed by atoms with Crippen LogP contribution in [-0.4, -0.2) is 32.0 Å². The molecule has 16 heavy (non-hydrogen) atoms. The summed E-state index contributed by atoms with van der Waals surface area (Å²) in [5.74, 6) is 0.814. The van der Waals surface area contributed by atoms with Gasteiger partial charge < -0.3 is 14.6 Å². The van der Waals surface area contributed by atoms with Gasteiger partial charge in [0.05, 0.1) is 20.3 Å². The summed E-state index contributed by atoms with van der Waals surface area (Å²) in [5.41, 5.74) is 1.12. The summed E-state index contributed by atoms with van der Waals surface area (Å²) in [7, 11) is 1.64. The van der Waals surface area contributed by atoms with Gasteiger partial charge >= 0.3 is 0 Å². The number of halogens is 1. The van der Waals surface area contributed by atoms with Gasteiger partial charge in [-0.15, -0.1) is 0 Å². The molecule has 0 aliphatic rings. The van der Waals surface area contributed by atoms with E-state index in [1.807, 2.05) is 18.2 Å². The lowest BCUT2D eigenvalue weighted by molar-refractivity contribution is 0.0908. The van der Waals surface area contributed by atoms with Gasteiger partial charge in [0.25, 0.3) is 0 Å². The van der Waals surface area contributed by atoms with Crippen LogP contribution in [-0.2, 0) is 11.2 Å². The number of rotatable bonds is 7. The Morgan fingerprint density at radius 2 is 2.12 bits per heavy atom. The molecule has 1 N–H and O–H groups in total. The topological polar surface area (TPSA) is 38.7 Å². The molecule has 90 valence electrons. The van der Waals surface area contributed by atoms with E-state index in [0.29, 0.717) is 18.2 Å². The minimum Gasteiger partial charge on any atom is -0.496 e. The van der Waals surface area contributed by atoms with Crippen LogP contribution in [0, 0.1) is 0 Å². The highest BCUT2D eigenvalue weighted by atomic mass is 35.5. The van der Waals surface area contributed by atoms with E-state index in [1.54, 1.807) is 7.11 Å². The highest BCUT2D eigenvalue weighted by molar-refractivity contribution is 6.30. The molecular weight excluding hydrogens is 228 g/mol. The number of aryl methyl sites for hydroxylation is 1. The van der Waals surface area contributed by atoms with Gasteiger partial charge in [0.2, 0.25) is 0 Å². The summed E-state index contributed by atoms with van der Waals surface area (Å²) >= 11 is 5.87. The van der Waals surface area contributed by atoms with Crippen molar-refractivity contribution in [1.29, 1.82) is 0 Å². The van der Waals surface area contributed by atoms with E-state index in [2.05, 4.69) is 0 Å². The molecule has 0 saturated carbocycles. The maximum absolute atomic E-state index is 8.54.